The first-order valence-electron chi connectivity index (χ1n) is 7.03. The highest BCUT2D eigenvalue weighted by atomic mass is 32.1. The van der Waals surface area contributed by atoms with Crippen LogP contribution in [0.5, 0.6) is 0 Å². The van der Waals surface area contributed by atoms with Crippen molar-refractivity contribution in [3.05, 3.63) is 21.9 Å². The lowest BCUT2D eigenvalue weighted by Gasteiger charge is -2.31. The van der Waals surface area contributed by atoms with Crippen LogP contribution in [0.15, 0.2) is 12.1 Å². The number of hydrogen-bond donors (Lipinski definition) is 1. The van der Waals surface area contributed by atoms with Crippen molar-refractivity contribution >= 4 is 17.3 Å². The molecule has 1 aromatic heterocycles. The zero-order valence-corrected chi connectivity index (χ0v) is 13.2. The minimum Gasteiger partial charge on any atom is -0.477 e. The Morgan fingerprint density at radius 1 is 1.32 bits per heavy atom. The van der Waals surface area contributed by atoms with Crippen LogP contribution >= 0.6 is 11.3 Å². The first-order chi connectivity index (χ1) is 8.97. The Morgan fingerprint density at radius 3 is 2.37 bits per heavy atom. The fourth-order valence-corrected chi connectivity index (χ4v) is 3.27. The van der Waals surface area contributed by atoms with Gasteiger partial charge in [-0.3, -0.25) is 4.90 Å². The lowest BCUT2D eigenvalue weighted by Crippen LogP contribution is -2.36. The first-order valence-corrected chi connectivity index (χ1v) is 7.85. The van der Waals surface area contributed by atoms with Crippen LogP contribution in [0.2, 0.25) is 0 Å². The molecule has 0 bridgehead atoms. The Morgan fingerprint density at radius 2 is 1.95 bits per heavy atom. The summed E-state index contributed by atoms with van der Waals surface area (Å²) in [6, 6.07) is 4.24. The van der Waals surface area contributed by atoms with Crippen molar-refractivity contribution in [3.63, 3.8) is 0 Å². The van der Waals surface area contributed by atoms with E-state index in [2.05, 4.69) is 32.6 Å². The Balaban J connectivity index is 2.77. The van der Waals surface area contributed by atoms with E-state index in [4.69, 9.17) is 5.11 Å². The molecule has 0 aliphatic rings. The quantitative estimate of drug-likeness (QED) is 0.781. The van der Waals surface area contributed by atoms with Gasteiger partial charge in [0.2, 0.25) is 0 Å². The van der Waals surface area contributed by atoms with E-state index in [1.165, 1.54) is 11.3 Å². The molecule has 0 saturated carbocycles. The third-order valence-electron chi connectivity index (χ3n) is 3.29. The summed E-state index contributed by atoms with van der Waals surface area (Å²) in [6.07, 6.45) is 2.28. The number of rotatable bonds is 8. The van der Waals surface area contributed by atoms with E-state index in [0.29, 0.717) is 16.8 Å². The maximum Gasteiger partial charge on any atom is 0.345 e. The Kier molecular flexibility index (Phi) is 6.52. The Labute approximate surface area is 120 Å². The molecule has 108 valence electrons. The topological polar surface area (TPSA) is 40.5 Å². The summed E-state index contributed by atoms with van der Waals surface area (Å²) in [6.45, 7) is 10.8. The predicted octanol–water partition coefficient (Wildman–Crippen LogP) is 4.09. The molecule has 0 aliphatic carbocycles. The molecule has 0 aliphatic heterocycles. The van der Waals surface area contributed by atoms with Crippen molar-refractivity contribution in [3.8, 4) is 0 Å². The minimum atomic E-state index is -0.825. The van der Waals surface area contributed by atoms with Crippen LogP contribution in [-0.4, -0.2) is 28.6 Å². The van der Waals surface area contributed by atoms with E-state index >= 15 is 0 Å². The van der Waals surface area contributed by atoms with Gasteiger partial charge in [0.05, 0.1) is 0 Å². The summed E-state index contributed by atoms with van der Waals surface area (Å²) in [5, 5.41) is 8.98. The van der Waals surface area contributed by atoms with E-state index in [9.17, 15) is 4.79 Å². The second-order valence-electron chi connectivity index (χ2n) is 5.36. The van der Waals surface area contributed by atoms with E-state index in [-0.39, 0.29) is 0 Å². The fraction of sp³-hybridized carbons (Fsp3) is 0.667. The number of thiophene rings is 1. The van der Waals surface area contributed by atoms with Gasteiger partial charge >= 0.3 is 5.97 Å². The van der Waals surface area contributed by atoms with Crippen LogP contribution in [-0.2, 0) is 6.54 Å². The molecule has 1 heterocycles. The number of hydrogen-bond acceptors (Lipinski definition) is 3. The molecule has 19 heavy (non-hydrogen) atoms. The van der Waals surface area contributed by atoms with E-state index in [1.54, 1.807) is 6.07 Å². The Bertz CT molecular complexity index is 397. The lowest BCUT2D eigenvalue weighted by atomic mass is 10.1. The van der Waals surface area contributed by atoms with Gasteiger partial charge in [-0.1, -0.05) is 27.7 Å². The summed E-state index contributed by atoms with van der Waals surface area (Å²) in [4.78, 5) is 15.0. The standard InChI is InChI=1S/C15H25NO2S/c1-5-12(6-2)16(9-11(3)4)10-13-7-8-14(19-13)15(17)18/h7-8,11-12H,5-6,9-10H2,1-4H3,(H,17,18). The number of aromatic carboxylic acids is 1. The molecule has 0 spiro atoms. The van der Waals surface area contributed by atoms with Crippen LogP contribution in [0.25, 0.3) is 0 Å². The van der Waals surface area contributed by atoms with Gasteiger partial charge in [0.25, 0.3) is 0 Å². The minimum absolute atomic E-state index is 0.434. The maximum atomic E-state index is 10.9. The van der Waals surface area contributed by atoms with Gasteiger partial charge in [-0.15, -0.1) is 11.3 Å². The van der Waals surface area contributed by atoms with Crippen LogP contribution in [0.3, 0.4) is 0 Å². The highest BCUT2D eigenvalue weighted by Gasteiger charge is 2.18. The smallest absolute Gasteiger partial charge is 0.345 e. The number of carboxylic acid groups (broad SMARTS) is 1. The SMILES string of the molecule is CCC(CC)N(Cc1ccc(C(=O)O)s1)CC(C)C. The zero-order valence-electron chi connectivity index (χ0n) is 12.3. The second kappa shape index (κ2) is 7.65. The van der Waals surface area contributed by atoms with Crippen LogP contribution in [0.1, 0.15) is 55.1 Å². The number of carbonyl (C=O) groups is 1. The largest absolute Gasteiger partial charge is 0.477 e. The average Bonchev–Trinajstić information content (AvgIpc) is 2.78. The number of carboxylic acids is 1. The highest BCUT2D eigenvalue weighted by molar-refractivity contribution is 7.13. The van der Waals surface area contributed by atoms with Crippen LogP contribution in [0, 0.1) is 5.92 Å². The van der Waals surface area contributed by atoms with E-state index < -0.39 is 5.97 Å². The lowest BCUT2D eigenvalue weighted by molar-refractivity contribution is 0.0702. The molecule has 1 rings (SSSR count). The fourth-order valence-electron chi connectivity index (χ4n) is 2.39. The van der Waals surface area contributed by atoms with Gasteiger partial charge in [0, 0.05) is 24.0 Å². The molecule has 0 unspecified atom stereocenters. The van der Waals surface area contributed by atoms with Gasteiger partial charge in [0.1, 0.15) is 4.88 Å². The number of nitrogens with zero attached hydrogens (tertiary/aromatic N) is 1. The summed E-state index contributed by atoms with van der Waals surface area (Å²) in [5.74, 6) is -0.200. The monoisotopic (exact) mass is 283 g/mol. The highest BCUT2D eigenvalue weighted by Crippen LogP contribution is 2.21. The molecule has 1 N–H and O–H groups in total. The van der Waals surface area contributed by atoms with Gasteiger partial charge in [0.15, 0.2) is 0 Å². The molecule has 0 fully saturated rings. The normalized spacial score (nSPS) is 11.7. The molecule has 0 aromatic carbocycles. The summed E-state index contributed by atoms with van der Waals surface area (Å²) in [7, 11) is 0. The zero-order chi connectivity index (χ0) is 14.4. The second-order valence-corrected chi connectivity index (χ2v) is 6.53. The van der Waals surface area contributed by atoms with Gasteiger partial charge < -0.3 is 5.11 Å². The van der Waals surface area contributed by atoms with E-state index in [1.807, 2.05) is 6.07 Å². The maximum absolute atomic E-state index is 10.9. The molecular formula is C15H25NO2S. The summed E-state index contributed by atoms with van der Waals surface area (Å²) >= 11 is 1.39. The molecule has 0 radical (unpaired) electrons. The molecule has 0 atom stereocenters. The van der Waals surface area contributed by atoms with Crippen LogP contribution < -0.4 is 0 Å². The van der Waals surface area contributed by atoms with E-state index in [0.717, 1.165) is 30.8 Å². The first kappa shape index (κ1) is 16.2. The summed E-state index contributed by atoms with van der Waals surface area (Å²) in [5.41, 5.74) is 0. The third kappa shape index (κ3) is 4.96. The molecule has 3 nitrogen and oxygen atoms in total. The van der Waals surface area contributed by atoms with Crippen molar-refractivity contribution in [1.29, 1.82) is 0 Å². The van der Waals surface area contributed by atoms with Crippen molar-refractivity contribution in [2.75, 3.05) is 6.54 Å². The average molecular weight is 283 g/mol. The summed E-state index contributed by atoms with van der Waals surface area (Å²) < 4.78 is 0. The molecule has 1 aromatic rings. The van der Waals surface area contributed by atoms with Crippen molar-refractivity contribution < 1.29 is 9.90 Å². The molecule has 0 amide bonds. The van der Waals surface area contributed by atoms with Crippen molar-refractivity contribution in [1.82, 2.24) is 4.90 Å². The third-order valence-corrected chi connectivity index (χ3v) is 4.35. The predicted molar refractivity (Wildman–Crippen MR) is 80.9 cm³/mol. The van der Waals surface area contributed by atoms with Gasteiger partial charge in [-0.2, -0.15) is 0 Å². The van der Waals surface area contributed by atoms with Crippen LogP contribution in [0.4, 0.5) is 0 Å². The van der Waals surface area contributed by atoms with Crippen molar-refractivity contribution in [2.45, 2.75) is 53.1 Å². The van der Waals surface area contributed by atoms with Gasteiger partial charge in [-0.25, -0.2) is 4.79 Å². The van der Waals surface area contributed by atoms with Crippen molar-refractivity contribution in [2.24, 2.45) is 5.92 Å². The Hall–Kier alpha value is -0.870. The molecule has 0 saturated heterocycles. The van der Waals surface area contributed by atoms with Gasteiger partial charge in [-0.05, 0) is 30.9 Å². The molecular weight excluding hydrogens is 258 g/mol. The molecule has 4 heteroatoms.